The molecule has 1 aliphatic heterocycles. The summed E-state index contributed by atoms with van der Waals surface area (Å²) in [5.74, 6) is -0.344. The standard InChI is InChI=1S/C15H21BrN2O3S/c1-11-10-18(9-8-17-11)14(19)15(2,3)22(20,21)13-6-4-12(16)5-7-13/h4-7,11,17H,8-10H2,1-3H3/t11-/m1/s1. The second-order valence-corrected chi connectivity index (χ2v) is 9.49. The molecule has 1 amide bonds. The molecule has 1 fully saturated rings. The maximum atomic E-state index is 12.9. The lowest BCUT2D eigenvalue weighted by molar-refractivity contribution is -0.134. The number of carbonyl (C=O) groups is 1. The Morgan fingerprint density at radius 1 is 1.32 bits per heavy atom. The van der Waals surface area contributed by atoms with Gasteiger partial charge in [0.2, 0.25) is 5.91 Å². The number of hydrogen-bond donors (Lipinski definition) is 1. The predicted molar refractivity (Wildman–Crippen MR) is 89.5 cm³/mol. The predicted octanol–water partition coefficient (Wildman–Crippen LogP) is 1.82. The highest BCUT2D eigenvalue weighted by molar-refractivity contribution is 9.10. The van der Waals surface area contributed by atoms with Crippen LogP contribution in [0.25, 0.3) is 0 Å². The van der Waals surface area contributed by atoms with E-state index in [0.717, 1.165) is 4.47 Å². The van der Waals surface area contributed by atoms with Crippen LogP contribution in [0.1, 0.15) is 20.8 Å². The number of benzene rings is 1. The van der Waals surface area contributed by atoms with Crippen LogP contribution >= 0.6 is 15.9 Å². The Kier molecular flexibility index (Phi) is 4.99. The van der Waals surface area contributed by atoms with Crippen molar-refractivity contribution in [1.29, 1.82) is 0 Å². The van der Waals surface area contributed by atoms with Gasteiger partial charge in [-0.2, -0.15) is 0 Å². The Morgan fingerprint density at radius 3 is 2.45 bits per heavy atom. The fourth-order valence-corrected chi connectivity index (χ4v) is 4.23. The average Bonchev–Trinajstić information content (AvgIpc) is 2.46. The summed E-state index contributed by atoms with van der Waals surface area (Å²) in [6.45, 7) is 6.69. The first-order valence-corrected chi connectivity index (χ1v) is 9.47. The van der Waals surface area contributed by atoms with Crippen molar-refractivity contribution in [1.82, 2.24) is 10.2 Å². The largest absolute Gasteiger partial charge is 0.339 e. The lowest BCUT2D eigenvalue weighted by Gasteiger charge is -2.36. The van der Waals surface area contributed by atoms with Crippen LogP contribution in [0, 0.1) is 0 Å². The van der Waals surface area contributed by atoms with Gasteiger partial charge in [0.05, 0.1) is 4.90 Å². The first-order valence-electron chi connectivity index (χ1n) is 7.19. The van der Waals surface area contributed by atoms with Gasteiger partial charge in [-0.1, -0.05) is 15.9 Å². The Bertz CT molecular complexity index is 656. The topological polar surface area (TPSA) is 66.5 Å². The van der Waals surface area contributed by atoms with Crippen molar-refractivity contribution in [2.24, 2.45) is 0 Å². The number of carbonyl (C=O) groups excluding carboxylic acids is 1. The van der Waals surface area contributed by atoms with Crippen molar-refractivity contribution in [3.63, 3.8) is 0 Å². The molecule has 122 valence electrons. The first kappa shape index (κ1) is 17.4. The molecule has 0 bridgehead atoms. The molecule has 0 spiro atoms. The highest BCUT2D eigenvalue weighted by Gasteiger charge is 2.45. The van der Waals surface area contributed by atoms with Gasteiger partial charge >= 0.3 is 0 Å². The fourth-order valence-electron chi connectivity index (χ4n) is 2.52. The normalized spacial score (nSPS) is 20.0. The second kappa shape index (κ2) is 6.29. The molecule has 5 nitrogen and oxygen atoms in total. The van der Waals surface area contributed by atoms with Crippen LogP contribution in [0.15, 0.2) is 33.6 Å². The van der Waals surface area contributed by atoms with Crippen LogP contribution in [-0.2, 0) is 14.6 Å². The zero-order valence-corrected chi connectivity index (χ0v) is 15.4. The highest BCUT2D eigenvalue weighted by Crippen LogP contribution is 2.28. The van der Waals surface area contributed by atoms with Gasteiger partial charge in [-0.15, -0.1) is 0 Å². The number of sulfone groups is 1. The molecule has 1 N–H and O–H groups in total. The summed E-state index contributed by atoms with van der Waals surface area (Å²) in [5.41, 5.74) is 0. The minimum atomic E-state index is -3.75. The van der Waals surface area contributed by atoms with Crippen molar-refractivity contribution >= 4 is 31.7 Å². The summed E-state index contributed by atoms with van der Waals surface area (Å²) in [6, 6.07) is 6.55. The molecule has 22 heavy (non-hydrogen) atoms. The van der Waals surface area contributed by atoms with Crippen LogP contribution < -0.4 is 5.32 Å². The van der Waals surface area contributed by atoms with Crippen molar-refractivity contribution in [3.05, 3.63) is 28.7 Å². The van der Waals surface area contributed by atoms with Crippen LogP contribution in [0.4, 0.5) is 0 Å². The van der Waals surface area contributed by atoms with E-state index in [1.807, 2.05) is 6.92 Å². The summed E-state index contributed by atoms with van der Waals surface area (Å²) in [4.78, 5) is 14.6. The maximum absolute atomic E-state index is 12.9. The van der Waals surface area contributed by atoms with Crippen LogP contribution in [0.3, 0.4) is 0 Å². The van der Waals surface area contributed by atoms with Crippen molar-refractivity contribution < 1.29 is 13.2 Å². The molecular weight excluding hydrogens is 368 g/mol. The summed E-state index contributed by atoms with van der Waals surface area (Å²) < 4.78 is 25.0. The third-order valence-electron chi connectivity index (χ3n) is 3.97. The molecule has 0 aliphatic carbocycles. The number of rotatable bonds is 3. The molecule has 0 saturated carbocycles. The van der Waals surface area contributed by atoms with E-state index >= 15 is 0 Å². The Labute approximate surface area is 140 Å². The minimum absolute atomic E-state index is 0.164. The third-order valence-corrected chi connectivity index (χ3v) is 6.91. The molecule has 1 atom stereocenters. The maximum Gasteiger partial charge on any atom is 0.243 e. The van der Waals surface area contributed by atoms with Crippen molar-refractivity contribution in [3.8, 4) is 0 Å². The molecule has 7 heteroatoms. The van der Waals surface area contributed by atoms with E-state index in [0.29, 0.717) is 19.6 Å². The lowest BCUT2D eigenvalue weighted by Crippen LogP contribution is -2.57. The van der Waals surface area contributed by atoms with Gasteiger partial charge in [0, 0.05) is 30.1 Å². The summed E-state index contributed by atoms with van der Waals surface area (Å²) in [6.07, 6.45) is 0. The van der Waals surface area contributed by atoms with Gasteiger partial charge in [-0.25, -0.2) is 8.42 Å². The molecule has 1 aromatic carbocycles. The average molecular weight is 389 g/mol. The zero-order valence-electron chi connectivity index (χ0n) is 13.0. The molecule has 2 rings (SSSR count). The zero-order chi connectivity index (χ0) is 16.5. The molecule has 1 saturated heterocycles. The van der Waals surface area contributed by atoms with Crippen molar-refractivity contribution in [2.75, 3.05) is 19.6 Å². The number of halogens is 1. The molecule has 1 aliphatic rings. The summed E-state index contributed by atoms with van der Waals surface area (Å²) in [7, 11) is -3.75. The first-order chi connectivity index (χ1) is 10.2. The van der Waals surface area contributed by atoms with Gasteiger partial charge in [-0.3, -0.25) is 4.79 Å². The van der Waals surface area contributed by atoms with E-state index < -0.39 is 14.6 Å². The van der Waals surface area contributed by atoms with E-state index in [9.17, 15) is 13.2 Å². The van der Waals surface area contributed by atoms with E-state index in [1.54, 1.807) is 17.0 Å². The van der Waals surface area contributed by atoms with Gasteiger partial charge in [0.25, 0.3) is 0 Å². The molecular formula is C15H21BrN2O3S. The van der Waals surface area contributed by atoms with E-state index in [1.165, 1.54) is 26.0 Å². The van der Waals surface area contributed by atoms with Crippen molar-refractivity contribution in [2.45, 2.75) is 36.5 Å². The Hall–Kier alpha value is -0.920. The van der Waals surface area contributed by atoms with E-state index in [2.05, 4.69) is 21.2 Å². The molecule has 0 aromatic heterocycles. The van der Waals surface area contributed by atoms with Crippen LogP contribution in [0.2, 0.25) is 0 Å². The number of piperazine rings is 1. The Morgan fingerprint density at radius 2 is 1.91 bits per heavy atom. The van der Waals surface area contributed by atoms with Gasteiger partial charge in [0.1, 0.15) is 4.75 Å². The monoisotopic (exact) mass is 388 g/mol. The summed E-state index contributed by atoms with van der Waals surface area (Å²) in [5, 5.41) is 3.25. The number of nitrogens with one attached hydrogen (secondary N) is 1. The Balaban J connectivity index is 2.31. The third kappa shape index (κ3) is 3.21. The van der Waals surface area contributed by atoms with Gasteiger partial charge in [0.15, 0.2) is 9.84 Å². The molecule has 0 unspecified atom stereocenters. The number of nitrogens with zero attached hydrogens (tertiary/aromatic N) is 1. The highest BCUT2D eigenvalue weighted by atomic mass is 79.9. The smallest absolute Gasteiger partial charge is 0.243 e. The number of hydrogen-bond acceptors (Lipinski definition) is 4. The summed E-state index contributed by atoms with van der Waals surface area (Å²) >= 11 is 3.28. The number of amides is 1. The molecule has 0 radical (unpaired) electrons. The quantitative estimate of drug-likeness (QED) is 0.857. The van der Waals surface area contributed by atoms with Crippen LogP contribution in [0.5, 0.6) is 0 Å². The van der Waals surface area contributed by atoms with E-state index in [4.69, 9.17) is 0 Å². The molecule has 1 aromatic rings. The van der Waals surface area contributed by atoms with Crippen LogP contribution in [-0.4, -0.2) is 49.6 Å². The lowest BCUT2D eigenvalue weighted by atomic mass is 10.1. The SMILES string of the molecule is C[C@@H]1CN(C(=O)C(C)(C)S(=O)(=O)c2ccc(Br)cc2)CCN1. The molecule has 1 heterocycles. The minimum Gasteiger partial charge on any atom is -0.339 e. The van der Waals surface area contributed by atoms with Gasteiger partial charge in [-0.05, 0) is 45.0 Å². The second-order valence-electron chi connectivity index (χ2n) is 6.07. The fraction of sp³-hybridized carbons (Fsp3) is 0.533. The van der Waals surface area contributed by atoms with Gasteiger partial charge < -0.3 is 10.2 Å². The van der Waals surface area contributed by atoms with E-state index in [-0.39, 0.29) is 16.8 Å².